The first kappa shape index (κ1) is 30.1. The topological polar surface area (TPSA) is 18.5 Å². The second kappa shape index (κ2) is 10.5. The zero-order valence-corrected chi connectivity index (χ0v) is 28.6. The lowest BCUT2D eigenvalue weighted by molar-refractivity contribution is -0.0976. The maximum atomic E-state index is 7.21. The van der Waals surface area contributed by atoms with Crippen molar-refractivity contribution in [3.8, 4) is 0 Å². The van der Waals surface area contributed by atoms with Gasteiger partial charge in [0, 0.05) is 6.10 Å². The molecule has 0 aromatic rings. The second-order valence-electron chi connectivity index (χ2n) is 16.8. The lowest BCUT2D eigenvalue weighted by Crippen LogP contribution is -2.55. The summed E-state index contributed by atoms with van der Waals surface area (Å²) in [6.45, 7) is 27.0. The van der Waals surface area contributed by atoms with Crippen molar-refractivity contribution >= 4 is 16.6 Å². The Hall–Kier alpha value is 0.0938. The predicted molar refractivity (Wildman–Crippen MR) is 165 cm³/mol. The smallest absolute Gasteiger partial charge is 0.184 e. The first-order valence-electron chi connectivity index (χ1n) is 16.0. The summed E-state index contributed by atoms with van der Waals surface area (Å²) in [4.78, 5) is 0. The van der Waals surface area contributed by atoms with Gasteiger partial charge in [0.05, 0.1) is 5.60 Å². The summed E-state index contributed by atoms with van der Waals surface area (Å²) < 4.78 is 13.8. The fraction of sp³-hybridized carbons (Fsp3) is 0.939. The summed E-state index contributed by atoms with van der Waals surface area (Å²) >= 11 is 0. The van der Waals surface area contributed by atoms with Gasteiger partial charge in [0.1, 0.15) is 0 Å². The molecule has 0 amide bonds. The van der Waals surface area contributed by atoms with Crippen molar-refractivity contribution in [3.05, 3.63) is 11.6 Å². The predicted octanol–water partition coefficient (Wildman–Crippen LogP) is 10.2. The highest BCUT2D eigenvalue weighted by Gasteiger charge is 2.62. The molecule has 0 N–H and O–H groups in total. The highest BCUT2D eigenvalue weighted by atomic mass is 28.4. The van der Waals surface area contributed by atoms with Gasteiger partial charge in [0.15, 0.2) is 16.6 Å². The van der Waals surface area contributed by atoms with Gasteiger partial charge >= 0.3 is 0 Å². The number of allylic oxidation sites excluding steroid dienone is 1. The van der Waals surface area contributed by atoms with E-state index >= 15 is 0 Å². The van der Waals surface area contributed by atoms with E-state index in [4.69, 9.17) is 8.85 Å². The standard InChI is InChI=1S/C33H62O2Si2/c1-24(2)13-12-20-33(5,35-37(9,10)11)30-17-16-28-27-15-14-25-23-26(34-36(6,7)8)18-21-31(25,3)29(27)19-22-32(28,30)4/h14,24,26-30H,12-13,15-23H2,1-11H3/t26?,27?,28?,29?,30?,31?,32?,33-/m1/s1. The highest BCUT2D eigenvalue weighted by molar-refractivity contribution is 6.70. The third-order valence-electron chi connectivity index (χ3n) is 11.3. The van der Waals surface area contributed by atoms with E-state index in [-0.39, 0.29) is 5.60 Å². The van der Waals surface area contributed by atoms with Crippen LogP contribution in [0, 0.1) is 40.4 Å². The van der Waals surface area contributed by atoms with Gasteiger partial charge in [0.2, 0.25) is 0 Å². The van der Waals surface area contributed by atoms with Gasteiger partial charge in [-0.15, -0.1) is 0 Å². The molecule has 214 valence electrons. The molecule has 37 heavy (non-hydrogen) atoms. The van der Waals surface area contributed by atoms with Crippen LogP contribution in [0.5, 0.6) is 0 Å². The molecular weight excluding hydrogens is 485 g/mol. The van der Waals surface area contributed by atoms with Gasteiger partial charge in [-0.05, 0) is 144 Å². The summed E-state index contributed by atoms with van der Waals surface area (Å²) in [5.74, 6) is 4.12. The van der Waals surface area contributed by atoms with Crippen molar-refractivity contribution < 1.29 is 8.85 Å². The van der Waals surface area contributed by atoms with Crippen molar-refractivity contribution in [3.63, 3.8) is 0 Å². The van der Waals surface area contributed by atoms with Crippen LogP contribution in [0.2, 0.25) is 39.3 Å². The largest absolute Gasteiger partial charge is 0.414 e. The van der Waals surface area contributed by atoms with Gasteiger partial charge in [-0.3, -0.25) is 0 Å². The van der Waals surface area contributed by atoms with Crippen LogP contribution in [0.15, 0.2) is 11.6 Å². The molecule has 3 fully saturated rings. The molecule has 0 aliphatic heterocycles. The van der Waals surface area contributed by atoms with E-state index in [9.17, 15) is 0 Å². The summed E-state index contributed by atoms with van der Waals surface area (Å²) in [6, 6.07) is 0. The van der Waals surface area contributed by atoms with Crippen LogP contribution in [-0.4, -0.2) is 28.3 Å². The van der Waals surface area contributed by atoms with E-state index in [2.05, 4.69) is 80.0 Å². The monoisotopic (exact) mass is 546 g/mol. The first-order valence-corrected chi connectivity index (χ1v) is 22.9. The van der Waals surface area contributed by atoms with Crippen molar-refractivity contribution in [1.29, 1.82) is 0 Å². The molecule has 0 radical (unpaired) electrons. The maximum absolute atomic E-state index is 7.21. The van der Waals surface area contributed by atoms with Gasteiger partial charge in [-0.25, -0.2) is 0 Å². The summed E-state index contributed by atoms with van der Waals surface area (Å²) in [5, 5.41) is 0. The molecule has 2 nitrogen and oxygen atoms in total. The maximum Gasteiger partial charge on any atom is 0.184 e. The number of rotatable bonds is 9. The van der Waals surface area contributed by atoms with Crippen LogP contribution in [0.4, 0.5) is 0 Å². The van der Waals surface area contributed by atoms with E-state index in [1.165, 1.54) is 70.6 Å². The van der Waals surface area contributed by atoms with Crippen molar-refractivity contribution in [2.45, 2.75) is 156 Å². The molecule has 0 saturated heterocycles. The quantitative estimate of drug-likeness (QED) is 0.211. The van der Waals surface area contributed by atoms with E-state index in [0.717, 1.165) is 23.7 Å². The van der Waals surface area contributed by atoms with Gasteiger partial charge in [-0.2, -0.15) is 0 Å². The Bertz CT molecular complexity index is 838. The van der Waals surface area contributed by atoms with Gasteiger partial charge < -0.3 is 8.85 Å². The molecule has 4 rings (SSSR count). The Morgan fingerprint density at radius 3 is 2.27 bits per heavy atom. The molecule has 4 aliphatic rings. The van der Waals surface area contributed by atoms with E-state index in [1.807, 2.05) is 0 Å². The SMILES string of the molecule is CC(C)CCC[C@@](C)(O[Si](C)(C)C)C1CCC2C3CC=C4CC(O[Si](C)(C)C)CCC4(C)C3CCC21C. The zero-order chi connectivity index (χ0) is 27.4. The van der Waals surface area contributed by atoms with Crippen LogP contribution < -0.4 is 0 Å². The number of hydrogen-bond acceptors (Lipinski definition) is 2. The molecular formula is C33H62O2Si2. The van der Waals surface area contributed by atoms with E-state index in [0.29, 0.717) is 22.9 Å². The summed E-state index contributed by atoms with van der Waals surface area (Å²) in [6.07, 6.45) is 17.9. The minimum Gasteiger partial charge on any atom is -0.414 e. The van der Waals surface area contributed by atoms with Crippen molar-refractivity contribution in [2.24, 2.45) is 40.4 Å². The summed E-state index contributed by atoms with van der Waals surface area (Å²) in [7, 11) is -3.12. The molecule has 4 aliphatic carbocycles. The second-order valence-corrected chi connectivity index (χ2v) is 25.7. The number of hydrogen-bond donors (Lipinski definition) is 0. The van der Waals surface area contributed by atoms with Crippen LogP contribution in [0.25, 0.3) is 0 Å². The van der Waals surface area contributed by atoms with Crippen LogP contribution >= 0.6 is 0 Å². The molecule has 0 aromatic heterocycles. The lowest BCUT2D eigenvalue weighted by atomic mass is 9.46. The Kier molecular flexibility index (Phi) is 8.52. The fourth-order valence-electron chi connectivity index (χ4n) is 10.1. The third kappa shape index (κ3) is 6.23. The zero-order valence-electron chi connectivity index (χ0n) is 26.6. The van der Waals surface area contributed by atoms with Crippen LogP contribution in [0.1, 0.15) is 105 Å². The Balaban J connectivity index is 1.55. The molecule has 0 spiro atoms. The van der Waals surface area contributed by atoms with Crippen LogP contribution in [-0.2, 0) is 8.85 Å². The lowest BCUT2D eigenvalue weighted by Gasteiger charge is -2.59. The fourth-order valence-corrected chi connectivity index (χ4v) is 12.9. The molecule has 4 heteroatoms. The van der Waals surface area contributed by atoms with Gasteiger partial charge in [-0.1, -0.05) is 52.2 Å². The van der Waals surface area contributed by atoms with Crippen LogP contribution in [0.3, 0.4) is 0 Å². The van der Waals surface area contributed by atoms with Gasteiger partial charge in [0.25, 0.3) is 0 Å². The molecule has 0 aromatic carbocycles. The minimum atomic E-state index is -1.64. The molecule has 0 heterocycles. The first-order chi connectivity index (χ1) is 17.0. The average molecular weight is 547 g/mol. The van der Waals surface area contributed by atoms with E-state index in [1.54, 1.807) is 5.57 Å². The number of fused-ring (bicyclic) bond motifs is 5. The van der Waals surface area contributed by atoms with Crippen molar-refractivity contribution in [2.75, 3.05) is 0 Å². The molecule has 7 unspecified atom stereocenters. The van der Waals surface area contributed by atoms with Crippen molar-refractivity contribution in [1.82, 2.24) is 0 Å². The third-order valence-corrected chi connectivity index (χ3v) is 13.4. The highest BCUT2D eigenvalue weighted by Crippen LogP contribution is 2.68. The Morgan fingerprint density at radius 2 is 1.65 bits per heavy atom. The average Bonchev–Trinajstić information content (AvgIpc) is 3.09. The van der Waals surface area contributed by atoms with E-state index < -0.39 is 16.6 Å². The molecule has 0 bridgehead atoms. The normalized spacial score (nSPS) is 40.0. The Morgan fingerprint density at radius 1 is 0.946 bits per heavy atom. The summed E-state index contributed by atoms with van der Waals surface area (Å²) in [5.41, 5.74) is 2.66. The molecule has 3 saturated carbocycles. The minimum absolute atomic E-state index is 0.0432. The Labute approximate surface area is 233 Å². The molecule has 8 atom stereocenters.